The minimum atomic E-state index is -0.447. The number of para-hydroxylation sites is 1. The van der Waals surface area contributed by atoms with Gasteiger partial charge in [-0.3, -0.25) is 14.3 Å². The second-order valence-corrected chi connectivity index (χ2v) is 8.33. The van der Waals surface area contributed by atoms with Crippen molar-refractivity contribution in [3.63, 3.8) is 0 Å². The molecule has 2 aromatic heterocycles. The summed E-state index contributed by atoms with van der Waals surface area (Å²) in [7, 11) is 0. The van der Waals surface area contributed by atoms with Crippen LogP contribution in [0.3, 0.4) is 0 Å². The first-order valence-corrected chi connectivity index (χ1v) is 10.8. The molecule has 32 heavy (non-hydrogen) atoms. The molecule has 0 unspecified atom stereocenters. The number of likely N-dealkylation sites (tertiary alicyclic amines) is 1. The zero-order valence-corrected chi connectivity index (χ0v) is 17.6. The summed E-state index contributed by atoms with van der Waals surface area (Å²) < 4.78 is 1.83. The van der Waals surface area contributed by atoms with E-state index >= 15 is 0 Å². The third-order valence-corrected chi connectivity index (χ3v) is 6.27. The van der Waals surface area contributed by atoms with Crippen LogP contribution in [-0.2, 0) is 17.9 Å². The molecule has 1 aromatic carbocycles. The van der Waals surface area contributed by atoms with E-state index in [2.05, 4.69) is 15.4 Å². The molecule has 166 valence electrons. The Morgan fingerprint density at radius 3 is 2.56 bits per heavy atom. The molecular formula is C22H25N7O3. The Kier molecular flexibility index (Phi) is 5.04. The number of amides is 4. The molecule has 1 fully saturated rings. The molecule has 0 atom stereocenters. The number of nitrogens with zero attached hydrogens (tertiary/aromatic N) is 4. The van der Waals surface area contributed by atoms with Gasteiger partial charge in [-0.05, 0) is 25.0 Å². The van der Waals surface area contributed by atoms with Crippen molar-refractivity contribution in [1.82, 2.24) is 24.6 Å². The molecular weight excluding hydrogens is 410 g/mol. The Morgan fingerprint density at radius 2 is 1.81 bits per heavy atom. The largest absolute Gasteiger partial charge is 0.351 e. The average Bonchev–Trinajstić information content (AvgIpc) is 3.41. The van der Waals surface area contributed by atoms with Crippen molar-refractivity contribution in [3.05, 3.63) is 47.8 Å². The highest BCUT2D eigenvalue weighted by molar-refractivity contribution is 5.98. The van der Waals surface area contributed by atoms with Gasteiger partial charge in [-0.2, -0.15) is 5.10 Å². The van der Waals surface area contributed by atoms with Crippen LogP contribution in [0.5, 0.6) is 0 Å². The van der Waals surface area contributed by atoms with Crippen LogP contribution in [0.25, 0.3) is 10.9 Å². The maximum absolute atomic E-state index is 13.0. The van der Waals surface area contributed by atoms with Crippen LogP contribution in [0.4, 0.5) is 10.6 Å². The summed E-state index contributed by atoms with van der Waals surface area (Å²) in [5.41, 5.74) is 7.68. The SMILES string of the molecule is NC(=O)N1CCC(C(=O)Nc2cc3n(n2)CCN(C(=O)c2cc4ccccc4[nH]2)C3)CC1. The second-order valence-electron chi connectivity index (χ2n) is 8.33. The van der Waals surface area contributed by atoms with Crippen LogP contribution in [0.2, 0.25) is 0 Å². The summed E-state index contributed by atoms with van der Waals surface area (Å²) in [6.45, 7) is 2.50. The molecule has 10 heteroatoms. The molecule has 0 aliphatic carbocycles. The number of fused-ring (bicyclic) bond motifs is 2. The van der Waals surface area contributed by atoms with Crippen LogP contribution < -0.4 is 11.1 Å². The summed E-state index contributed by atoms with van der Waals surface area (Å²) in [4.78, 5) is 43.4. The lowest BCUT2D eigenvalue weighted by Crippen LogP contribution is -2.43. The number of hydrogen-bond acceptors (Lipinski definition) is 4. The lowest BCUT2D eigenvalue weighted by Gasteiger charge is -2.29. The first kappa shape index (κ1) is 20.1. The lowest BCUT2D eigenvalue weighted by molar-refractivity contribution is -0.121. The number of carbonyl (C=O) groups is 3. The normalized spacial score (nSPS) is 16.8. The van der Waals surface area contributed by atoms with Crippen molar-refractivity contribution in [2.24, 2.45) is 11.7 Å². The van der Waals surface area contributed by atoms with Gasteiger partial charge >= 0.3 is 6.03 Å². The Morgan fingerprint density at radius 1 is 1.03 bits per heavy atom. The Bertz CT molecular complexity index is 1160. The van der Waals surface area contributed by atoms with Crippen LogP contribution in [-0.4, -0.2) is 62.0 Å². The zero-order valence-electron chi connectivity index (χ0n) is 17.6. The number of anilines is 1. The van der Waals surface area contributed by atoms with Crippen molar-refractivity contribution in [2.45, 2.75) is 25.9 Å². The van der Waals surface area contributed by atoms with E-state index in [0.29, 0.717) is 57.1 Å². The monoisotopic (exact) mass is 435 g/mol. The summed E-state index contributed by atoms with van der Waals surface area (Å²) >= 11 is 0. The minimum absolute atomic E-state index is 0.0551. The van der Waals surface area contributed by atoms with Crippen LogP contribution in [0.15, 0.2) is 36.4 Å². The van der Waals surface area contributed by atoms with Gasteiger partial charge in [0, 0.05) is 42.5 Å². The van der Waals surface area contributed by atoms with E-state index in [4.69, 9.17) is 5.73 Å². The van der Waals surface area contributed by atoms with E-state index in [1.54, 1.807) is 9.80 Å². The number of nitrogens with one attached hydrogen (secondary N) is 2. The molecule has 5 rings (SSSR count). The van der Waals surface area contributed by atoms with E-state index in [9.17, 15) is 14.4 Å². The molecule has 2 aliphatic rings. The van der Waals surface area contributed by atoms with Gasteiger partial charge in [0.2, 0.25) is 5.91 Å². The van der Waals surface area contributed by atoms with Crippen LogP contribution in [0, 0.1) is 5.92 Å². The van der Waals surface area contributed by atoms with E-state index in [1.807, 2.05) is 41.1 Å². The number of hydrogen-bond donors (Lipinski definition) is 3. The standard InChI is InChI=1S/C22H25N7O3/c23-22(32)27-7-5-14(6-8-27)20(30)25-19-12-16-13-28(9-10-29(16)26-19)21(31)18-11-15-3-1-2-4-17(15)24-18/h1-4,11-12,14,24H,5-10,13H2,(H2,23,32)(H,25,26,30). The Labute approximate surface area is 184 Å². The van der Waals surface area contributed by atoms with Crippen molar-refractivity contribution < 1.29 is 14.4 Å². The van der Waals surface area contributed by atoms with Crippen LogP contribution >= 0.6 is 0 Å². The van der Waals surface area contributed by atoms with Gasteiger partial charge < -0.3 is 25.8 Å². The van der Waals surface area contributed by atoms with Crippen molar-refractivity contribution in [1.29, 1.82) is 0 Å². The number of primary amides is 1. The summed E-state index contributed by atoms with van der Waals surface area (Å²) in [5, 5.41) is 8.38. The molecule has 4 heterocycles. The van der Waals surface area contributed by atoms with E-state index in [1.165, 1.54) is 0 Å². The van der Waals surface area contributed by atoms with Gasteiger partial charge in [0.25, 0.3) is 5.91 Å². The quantitative estimate of drug-likeness (QED) is 0.579. The number of piperidine rings is 1. The fourth-order valence-corrected chi connectivity index (χ4v) is 4.45. The smallest absolute Gasteiger partial charge is 0.314 e. The molecule has 0 bridgehead atoms. The van der Waals surface area contributed by atoms with Crippen molar-refractivity contribution >= 4 is 34.6 Å². The van der Waals surface area contributed by atoms with Crippen molar-refractivity contribution in [2.75, 3.05) is 25.0 Å². The second kappa shape index (κ2) is 8.03. The minimum Gasteiger partial charge on any atom is -0.351 e. The van der Waals surface area contributed by atoms with Gasteiger partial charge in [0.1, 0.15) is 5.69 Å². The molecule has 0 saturated carbocycles. The van der Waals surface area contributed by atoms with Gasteiger partial charge in [0.05, 0.1) is 18.8 Å². The van der Waals surface area contributed by atoms with Crippen molar-refractivity contribution in [3.8, 4) is 0 Å². The molecule has 4 amide bonds. The molecule has 10 nitrogen and oxygen atoms in total. The molecule has 4 N–H and O–H groups in total. The highest BCUT2D eigenvalue weighted by Crippen LogP contribution is 2.23. The highest BCUT2D eigenvalue weighted by atomic mass is 16.2. The maximum atomic E-state index is 13.0. The molecule has 0 radical (unpaired) electrons. The van der Waals surface area contributed by atoms with Gasteiger partial charge in [-0.25, -0.2) is 4.79 Å². The van der Waals surface area contributed by atoms with Gasteiger partial charge in [0.15, 0.2) is 5.82 Å². The topological polar surface area (TPSA) is 129 Å². The first-order chi connectivity index (χ1) is 15.5. The number of rotatable bonds is 3. The third kappa shape index (κ3) is 3.79. The number of benzene rings is 1. The van der Waals surface area contributed by atoms with E-state index in [-0.39, 0.29) is 17.7 Å². The summed E-state index contributed by atoms with van der Waals surface area (Å²) in [5.74, 6) is 0.155. The predicted molar refractivity (Wildman–Crippen MR) is 118 cm³/mol. The van der Waals surface area contributed by atoms with Crippen LogP contribution in [0.1, 0.15) is 29.0 Å². The van der Waals surface area contributed by atoms with E-state index in [0.717, 1.165) is 16.6 Å². The number of aromatic nitrogens is 3. The number of carbonyl (C=O) groups excluding carboxylic acids is 3. The van der Waals surface area contributed by atoms with Gasteiger partial charge in [-0.15, -0.1) is 0 Å². The molecule has 0 spiro atoms. The highest BCUT2D eigenvalue weighted by Gasteiger charge is 2.28. The summed E-state index contributed by atoms with van der Waals surface area (Å²) in [6.07, 6.45) is 1.16. The molecule has 1 saturated heterocycles. The van der Waals surface area contributed by atoms with Gasteiger partial charge in [-0.1, -0.05) is 18.2 Å². The number of nitrogens with two attached hydrogens (primary N) is 1. The number of aromatic amines is 1. The lowest BCUT2D eigenvalue weighted by atomic mass is 9.96. The fourth-order valence-electron chi connectivity index (χ4n) is 4.45. The maximum Gasteiger partial charge on any atom is 0.314 e. The fraction of sp³-hybridized carbons (Fsp3) is 0.364. The van der Waals surface area contributed by atoms with E-state index < -0.39 is 6.03 Å². The number of urea groups is 1. The third-order valence-electron chi connectivity index (χ3n) is 6.27. The first-order valence-electron chi connectivity index (χ1n) is 10.8. The zero-order chi connectivity index (χ0) is 22.2. The summed E-state index contributed by atoms with van der Waals surface area (Å²) in [6, 6.07) is 11.0. The number of H-pyrrole nitrogens is 1. The Balaban J connectivity index is 1.22. The molecule has 2 aliphatic heterocycles. The average molecular weight is 435 g/mol. The predicted octanol–water partition coefficient (Wildman–Crippen LogP) is 1.75. The molecule has 3 aromatic rings. The Hall–Kier alpha value is -3.82.